The second-order valence-corrected chi connectivity index (χ2v) is 7.79. The Morgan fingerprint density at radius 3 is 2.59 bits per heavy atom. The Hall–Kier alpha value is -2.68. The van der Waals surface area contributed by atoms with Crippen LogP contribution in [-0.2, 0) is 17.6 Å². The molecule has 1 amide bonds. The average Bonchev–Trinajstić information content (AvgIpc) is 3.24. The van der Waals surface area contributed by atoms with Gasteiger partial charge in [0.15, 0.2) is 11.5 Å². The van der Waals surface area contributed by atoms with Gasteiger partial charge >= 0.3 is 0 Å². The number of rotatable bonds is 3. The first-order chi connectivity index (χ1) is 14.3. The molecule has 4 heterocycles. The predicted octanol–water partition coefficient (Wildman–Crippen LogP) is 1.14. The van der Waals surface area contributed by atoms with Crippen molar-refractivity contribution in [2.24, 2.45) is 0 Å². The van der Waals surface area contributed by atoms with Crippen molar-refractivity contribution in [1.29, 1.82) is 0 Å². The Bertz CT molecular complexity index is 871. The lowest BCUT2D eigenvalue weighted by Crippen LogP contribution is -2.49. The Morgan fingerprint density at radius 1 is 0.966 bits per heavy atom. The lowest BCUT2D eigenvalue weighted by atomic mass is 9.96. The first-order valence-corrected chi connectivity index (χ1v) is 10.5. The smallest absolute Gasteiger partial charge is 0.276 e. The van der Waals surface area contributed by atoms with Gasteiger partial charge in [0.2, 0.25) is 0 Å². The van der Waals surface area contributed by atoms with Crippen molar-refractivity contribution in [3.63, 3.8) is 0 Å². The van der Waals surface area contributed by atoms with Crippen LogP contribution in [0, 0.1) is 0 Å². The van der Waals surface area contributed by atoms with Crippen molar-refractivity contribution < 1.29 is 14.1 Å². The largest absolute Gasteiger partial charge is 0.378 e. The molecule has 154 valence electrons. The number of ether oxygens (including phenoxy) is 1. The number of carbonyl (C=O) groups is 1. The van der Waals surface area contributed by atoms with Crippen molar-refractivity contribution in [1.82, 2.24) is 20.3 Å². The Labute approximate surface area is 169 Å². The van der Waals surface area contributed by atoms with Crippen LogP contribution in [0.15, 0.2) is 16.8 Å². The minimum Gasteiger partial charge on any atom is -0.378 e. The van der Waals surface area contributed by atoms with E-state index >= 15 is 0 Å². The lowest BCUT2D eigenvalue weighted by Gasteiger charge is -2.35. The molecule has 0 aromatic carbocycles. The van der Waals surface area contributed by atoms with Crippen LogP contribution < -0.4 is 9.80 Å². The van der Waals surface area contributed by atoms with Gasteiger partial charge in [-0.1, -0.05) is 5.16 Å². The van der Waals surface area contributed by atoms with E-state index in [0.29, 0.717) is 18.8 Å². The number of anilines is 2. The zero-order valence-corrected chi connectivity index (χ0v) is 16.5. The molecule has 0 unspecified atom stereocenters. The van der Waals surface area contributed by atoms with Gasteiger partial charge in [0.1, 0.15) is 5.76 Å². The summed E-state index contributed by atoms with van der Waals surface area (Å²) in [6, 6.07) is 2.09. The minimum absolute atomic E-state index is 0.00954. The standard InChI is InChI=1S/C20H26N6O3/c27-20(19-16-3-1-2-4-17(16)29-23-19)26-7-5-25(6-8-26)18-13-15(14-21-22-18)24-9-11-28-12-10-24/h13-14H,1-12H2. The van der Waals surface area contributed by atoms with E-state index in [0.717, 1.165) is 87.9 Å². The molecule has 3 aliphatic rings. The third-order valence-corrected chi connectivity index (χ3v) is 6.05. The first kappa shape index (κ1) is 18.4. The number of hydrogen-bond donors (Lipinski definition) is 0. The van der Waals surface area contributed by atoms with Crippen LogP contribution in [-0.4, -0.2) is 78.6 Å². The van der Waals surface area contributed by atoms with Crippen molar-refractivity contribution in [3.05, 3.63) is 29.3 Å². The number of piperazine rings is 1. The van der Waals surface area contributed by atoms with E-state index in [1.165, 1.54) is 0 Å². The number of amides is 1. The van der Waals surface area contributed by atoms with Crippen LogP contribution in [0.2, 0.25) is 0 Å². The molecule has 0 radical (unpaired) electrons. The summed E-state index contributed by atoms with van der Waals surface area (Å²) in [6.45, 7) is 5.97. The molecule has 9 nitrogen and oxygen atoms in total. The molecule has 0 atom stereocenters. The summed E-state index contributed by atoms with van der Waals surface area (Å²) >= 11 is 0. The molecule has 9 heteroatoms. The van der Waals surface area contributed by atoms with Crippen molar-refractivity contribution in [2.45, 2.75) is 25.7 Å². The van der Waals surface area contributed by atoms with Gasteiger partial charge in [-0.2, -0.15) is 5.10 Å². The van der Waals surface area contributed by atoms with E-state index in [4.69, 9.17) is 9.26 Å². The zero-order chi connectivity index (χ0) is 19.6. The van der Waals surface area contributed by atoms with Gasteiger partial charge < -0.3 is 24.0 Å². The van der Waals surface area contributed by atoms with Crippen LogP contribution >= 0.6 is 0 Å². The highest BCUT2D eigenvalue weighted by molar-refractivity contribution is 5.94. The molecule has 2 aromatic rings. The summed E-state index contributed by atoms with van der Waals surface area (Å²) in [7, 11) is 0. The second-order valence-electron chi connectivity index (χ2n) is 7.79. The molecule has 0 N–H and O–H groups in total. The van der Waals surface area contributed by atoms with Crippen LogP contribution in [0.4, 0.5) is 11.5 Å². The monoisotopic (exact) mass is 398 g/mol. The number of aryl methyl sites for hydroxylation is 1. The highest BCUT2D eigenvalue weighted by Gasteiger charge is 2.30. The van der Waals surface area contributed by atoms with Crippen LogP contribution in [0.25, 0.3) is 0 Å². The average molecular weight is 398 g/mol. The Morgan fingerprint density at radius 2 is 1.76 bits per heavy atom. The van der Waals surface area contributed by atoms with Gasteiger partial charge in [0.05, 0.1) is 25.1 Å². The summed E-state index contributed by atoms with van der Waals surface area (Å²) in [5.74, 6) is 1.75. The van der Waals surface area contributed by atoms with E-state index in [9.17, 15) is 4.79 Å². The van der Waals surface area contributed by atoms with Gasteiger partial charge in [-0.25, -0.2) is 0 Å². The SMILES string of the molecule is O=C(c1noc2c1CCCC2)N1CCN(c2cc(N3CCOCC3)cnn2)CC1. The maximum absolute atomic E-state index is 13.0. The van der Waals surface area contributed by atoms with Gasteiger partial charge in [0.25, 0.3) is 5.91 Å². The molecule has 1 aliphatic carbocycles. The normalized spacial score (nSPS) is 19.9. The highest BCUT2D eigenvalue weighted by atomic mass is 16.5. The molecule has 0 bridgehead atoms. The summed E-state index contributed by atoms with van der Waals surface area (Å²) in [5, 5.41) is 12.6. The number of fused-ring (bicyclic) bond motifs is 1. The maximum atomic E-state index is 13.0. The van der Waals surface area contributed by atoms with E-state index in [-0.39, 0.29) is 5.91 Å². The molecule has 2 fully saturated rings. The number of nitrogens with zero attached hydrogens (tertiary/aromatic N) is 6. The van der Waals surface area contributed by atoms with Crippen LogP contribution in [0.3, 0.4) is 0 Å². The van der Waals surface area contributed by atoms with E-state index in [2.05, 4.69) is 31.2 Å². The fraction of sp³-hybridized carbons (Fsp3) is 0.600. The van der Waals surface area contributed by atoms with Crippen LogP contribution in [0.5, 0.6) is 0 Å². The molecule has 2 aromatic heterocycles. The van der Waals surface area contributed by atoms with E-state index < -0.39 is 0 Å². The molecule has 2 saturated heterocycles. The summed E-state index contributed by atoms with van der Waals surface area (Å²) in [4.78, 5) is 19.3. The predicted molar refractivity (Wildman–Crippen MR) is 106 cm³/mol. The number of carbonyl (C=O) groups excluding carboxylic acids is 1. The summed E-state index contributed by atoms with van der Waals surface area (Å²) < 4.78 is 10.9. The molecule has 29 heavy (non-hydrogen) atoms. The third kappa shape index (κ3) is 3.66. The Kier molecular flexibility index (Phi) is 5.05. The third-order valence-electron chi connectivity index (χ3n) is 6.05. The maximum Gasteiger partial charge on any atom is 0.276 e. The molecule has 0 spiro atoms. The van der Waals surface area contributed by atoms with Gasteiger partial charge in [-0.3, -0.25) is 4.79 Å². The second kappa shape index (κ2) is 7.98. The summed E-state index contributed by atoms with van der Waals surface area (Å²) in [6.07, 6.45) is 5.80. The van der Waals surface area contributed by atoms with E-state index in [1.807, 2.05) is 11.1 Å². The van der Waals surface area contributed by atoms with Crippen molar-refractivity contribution in [3.8, 4) is 0 Å². The van der Waals surface area contributed by atoms with Gasteiger partial charge in [0, 0.05) is 57.3 Å². The molecule has 0 saturated carbocycles. The minimum atomic E-state index is -0.00954. The molecular formula is C20H26N6O3. The first-order valence-electron chi connectivity index (χ1n) is 10.5. The number of aromatic nitrogens is 3. The fourth-order valence-corrected chi connectivity index (χ4v) is 4.34. The number of hydrogen-bond acceptors (Lipinski definition) is 8. The fourth-order valence-electron chi connectivity index (χ4n) is 4.34. The van der Waals surface area contributed by atoms with Gasteiger partial charge in [-0.05, 0) is 19.3 Å². The molecular weight excluding hydrogens is 372 g/mol. The van der Waals surface area contributed by atoms with Crippen molar-refractivity contribution in [2.75, 3.05) is 62.3 Å². The Balaban J connectivity index is 1.24. The topological polar surface area (TPSA) is 87.8 Å². The van der Waals surface area contributed by atoms with Crippen molar-refractivity contribution >= 4 is 17.4 Å². The zero-order valence-electron chi connectivity index (χ0n) is 16.5. The van der Waals surface area contributed by atoms with E-state index in [1.54, 1.807) is 0 Å². The molecule has 5 rings (SSSR count). The highest BCUT2D eigenvalue weighted by Crippen LogP contribution is 2.26. The van der Waals surface area contributed by atoms with Crippen LogP contribution in [0.1, 0.15) is 34.7 Å². The quantitative estimate of drug-likeness (QED) is 0.761. The van der Waals surface area contributed by atoms with Gasteiger partial charge in [-0.15, -0.1) is 5.10 Å². The summed E-state index contributed by atoms with van der Waals surface area (Å²) in [5.41, 5.74) is 2.61. The number of morpholine rings is 1. The molecule has 2 aliphatic heterocycles. The lowest BCUT2D eigenvalue weighted by molar-refractivity contribution is 0.0735.